The van der Waals surface area contributed by atoms with Crippen molar-refractivity contribution < 1.29 is 9.59 Å². The summed E-state index contributed by atoms with van der Waals surface area (Å²) in [6, 6.07) is -0.466. The van der Waals surface area contributed by atoms with Crippen LogP contribution in [0.5, 0.6) is 0 Å². The van der Waals surface area contributed by atoms with Crippen molar-refractivity contribution in [1.82, 2.24) is 10.2 Å². The first-order valence-corrected chi connectivity index (χ1v) is 7.41. The molecule has 0 aromatic carbocycles. The highest BCUT2D eigenvalue weighted by molar-refractivity contribution is 5.92. The molecular weight excluding hydrogens is 278 g/mol. The van der Waals surface area contributed by atoms with E-state index in [9.17, 15) is 9.59 Å². The molecule has 1 saturated heterocycles. The average molecular weight is 304 g/mol. The second-order valence-corrected chi connectivity index (χ2v) is 5.94. The Hall–Kier alpha value is -0.810. The third-order valence-corrected chi connectivity index (χ3v) is 4.33. The van der Waals surface area contributed by atoms with Crippen LogP contribution in [0.25, 0.3) is 0 Å². The van der Waals surface area contributed by atoms with Gasteiger partial charge < -0.3 is 16.0 Å². The zero-order valence-corrected chi connectivity index (χ0v) is 13.0. The molecule has 2 amide bonds. The summed E-state index contributed by atoms with van der Waals surface area (Å²) in [7, 11) is 0. The average Bonchev–Trinajstić information content (AvgIpc) is 2.87. The van der Waals surface area contributed by atoms with Crippen LogP contribution in [0.4, 0.5) is 0 Å². The Bertz CT molecular complexity index is 350. The normalized spacial score (nSPS) is 22.8. The molecule has 5 nitrogen and oxygen atoms in total. The van der Waals surface area contributed by atoms with E-state index >= 15 is 0 Å². The molecule has 0 spiro atoms. The summed E-state index contributed by atoms with van der Waals surface area (Å²) in [5.41, 5.74) is 5.34. The molecule has 1 aliphatic carbocycles. The smallest absolute Gasteiger partial charge is 0.244 e. The van der Waals surface area contributed by atoms with Crippen LogP contribution >= 0.6 is 12.4 Å². The Morgan fingerprint density at radius 2 is 1.65 bits per heavy atom. The predicted molar refractivity (Wildman–Crippen MR) is 80.7 cm³/mol. The lowest BCUT2D eigenvalue weighted by Crippen LogP contribution is -2.57. The van der Waals surface area contributed by atoms with Gasteiger partial charge in [0.1, 0.15) is 6.04 Å². The Kier molecular flexibility index (Phi) is 6.27. The second-order valence-electron chi connectivity index (χ2n) is 5.94. The molecule has 2 fully saturated rings. The zero-order chi connectivity index (χ0) is 13.9. The molecule has 1 saturated carbocycles. The van der Waals surface area contributed by atoms with Crippen molar-refractivity contribution in [3.63, 3.8) is 0 Å². The SMILES string of the molecule is CC(NC(=O)C1(N)CCCC1)C(=O)N1CCCCC1.Cl. The van der Waals surface area contributed by atoms with Crippen LogP contribution in [0.15, 0.2) is 0 Å². The molecule has 1 unspecified atom stereocenters. The van der Waals surface area contributed by atoms with Gasteiger partial charge in [-0.1, -0.05) is 12.8 Å². The highest BCUT2D eigenvalue weighted by Crippen LogP contribution is 2.27. The molecule has 20 heavy (non-hydrogen) atoms. The molecule has 2 rings (SSSR count). The van der Waals surface area contributed by atoms with E-state index in [0.29, 0.717) is 0 Å². The third-order valence-electron chi connectivity index (χ3n) is 4.33. The first kappa shape index (κ1) is 17.2. The molecule has 0 aromatic rings. The van der Waals surface area contributed by atoms with Gasteiger partial charge in [0.25, 0.3) is 0 Å². The number of halogens is 1. The van der Waals surface area contributed by atoms with Gasteiger partial charge in [-0.25, -0.2) is 0 Å². The molecule has 0 bridgehead atoms. The predicted octanol–water partition coefficient (Wildman–Crippen LogP) is 1.20. The minimum Gasteiger partial charge on any atom is -0.343 e. The summed E-state index contributed by atoms with van der Waals surface area (Å²) in [4.78, 5) is 26.2. The quantitative estimate of drug-likeness (QED) is 0.822. The minimum absolute atomic E-state index is 0. The summed E-state index contributed by atoms with van der Waals surface area (Å²) in [5, 5.41) is 2.80. The first-order valence-electron chi connectivity index (χ1n) is 7.41. The Morgan fingerprint density at radius 3 is 2.20 bits per heavy atom. The van der Waals surface area contributed by atoms with Crippen LogP contribution in [0.3, 0.4) is 0 Å². The van der Waals surface area contributed by atoms with Gasteiger partial charge in [0.05, 0.1) is 5.54 Å². The van der Waals surface area contributed by atoms with Crippen molar-refractivity contribution in [2.75, 3.05) is 13.1 Å². The van der Waals surface area contributed by atoms with Crippen molar-refractivity contribution in [2.24, 2.45) is 5.73 Å². The van der Waals surface area contributed by atoms with Gasteiger partial charge in [0.2, 0.25) is 11.8 Å². The van der Waals surface area contributed by atoms with E-state index in [1.54, 1.807) is 6.92 Å². The fourth-order valence-electron chi connectivity index (χ4n) is 3.02. The Balaban J connectivity index is 0.00000200. The molecule has 3 N–H and O–H groups in total. The number of nitrogens with two attached hydrogens (primary N) is 1. The van der Waals surface area contributed by atoms with Crippen molar-refractivity contribution in [3.8, 4) is 0 Å². The fourth-order valence-corrected chi connectivity index (χ4v) is 3.02. The zero-order valence-electron chi connectivity index (χ0n) is 12.2. The van der Waals surface area contributed by atoms with E-state index in [2.05, 4.69) is 5.32 Å². The van der Waals surface area contributed by atoms with Crippen LogP contribution in [-0.4, -0.2) is 41.4 Å². The Morgan fingerprint density at radius 1 is 1.10 bits per heavy atom. The summed E-state index contributed by atoms with van der Waals surface area (Å²) in [6.45, 7) is 3.38. The van der Waals surface area contributed by atoms with Gasteiger partial charge in [0, 0.05) is 13.1 Å². The second kappa shape index (κ2) is 7.27. The summed E-state index contributed by atoms with van der Waals surface area (Å²) < 4.78 is 0. The summed E-state index contributed by atoms with van der Waals surface area (Å²) >= 11 is 0. The maximum Gasteiger partial charge on any atom is 0.244 e. The molecular formula is C14H26ClN3O2. The third kappa shape index (κ3) is 3.85. The summed E-state index contributed by atoms with van der Waals surface area (Å²) in [6.07, 6.45) is 6.76. The number of hydrogen-bond acceptors (Lipinski definition) is 3. The van der Waals surface area contributed by atoms with Gasteiger partial charge in [-0.05, 0) is 39.0 Å². The van der Waals surface area contributed by atoms with Crippen LogP contribution in [-0.2, 0) is 9.59 Å². The number of amides is 2. The number of hydrogen-bond donors (Lipinski definition) is 2. The van der Waals surface area contributed by atoms with Crippen LogP contribution < -0.4 is 11.1 Å². The number of nitrogens with zero attached hydrogens (tertiary/aromatic N) is 1. The first-order chi connectivity index (χ1) is 9.03. The maximum atomic E-state index is 12.2. The number of carbonyl (C=O) groups is 2. The van der Waals surface area contributed by atoms with Gasteiger partial charge in [-0.3, -0.25) is 9.59 Å². The number of carbonyl (C=O) groups excluding carboxylic acids is 2. The monoisotopic (exact) mass is 303 g/mol. The highest BCUT2D eigenvalue weighted by atomic mass is 35.5. The lowest BCUT2D eigenvalue weighted by molar-refractivity contribution is -0.138. The van der Waals surface area contributed by atoms with Gasteiger partial charge in [-0.2, -0.15) is 0 Å². The lowest BCUT2D eigenvalue weighted by Gasteiger charge is -2.31. The standard InChI is InChI=1S/C14H25N3O2.ClH/c1-11(12(18)17-9-5-2-6-10-17)16-13(19)14(15)7-3-4-8-14;/h11H,2-10,15H2,1H3,(H,16,19);1H. The van der Waals surface area contributed by atoms with Crippen LogP contribution in [0.2, 0.25) is 0 Å². The van der Waals surface area contributed by atoms with E-state index in [1.165, 1.54) is 6.42 Å². The molecule has 0 radical (unpaired) electrons. The summed E-state index contributed by atoms with van der Waals surface area (Å²) in [5.74, 6) is -0.141. The number of rotatable bonds is 3. The van der Waals surface area contributed by atoms with Crippen LogP contribution in [0.1, 0.15) is 51.9 Å². The largest absolute Gasteiger partial charge is 0.343 e. The topological polar surface area (TPSA) is 75.4 Å². The molecule has 1 aliphatic heterocycles. The minimum atomic E-state index is -0.754. The van der Waals surface area contributed by atoms with E-state index in [0.717, 1.165) is 51.6 Å². The van der Waals surface area contributed by atoms with E-state index in [-0.39, 0.29) is 24.2 Å². The van der Waals surface area contributed by atoms with Crippen molar-refractivity contribution in [2.45, 2.75) is 63.5 Å². The van der Waals surface area contributed by atoms with Gasteiger partial charge in [-0.15, -0.1) is 12.4 Å². The molecule has 1 atom stereocenters. The van der Waals surface area contributed by atoms with E-state index < -0.39 is 11.6 Å². The van der Waals surface area contributed by atoms with E-state index in [1.807, 2.05) is 4.90 Å². The molecule has 1 heterocycles. The van der Waals surface area contributed by atoms with Crippen molar-refractivity contribution >= 4 is 24.2 Å². The molecule has 0 aromatic heterocycles. The number of nitrogens with one attached hydrogen (secondary N) is 1. The van der Waals surface area contributed by atoms with Crippen molar-refractivity contribution in [3.05, 3.63) is 0 Å². The Labute approximate surface area is 127 Å². The highest BCUT2D eigenvalue weighted by Gasteiger charge is 2.38. The van der Waals surface area contributed by atoms with Gasteiger partial charge in [0.15, 0.2) is 0 Å². The van der Waals surface area contributed by atoms with Gasteiger partial charge >= 0.3 is 0 Å². The maximum absolute atomic E-state index is 12.2. The molecule has 116 valence electrons. The van der Waals surface area contributed by atoms with Crippen molar-refractivity contribution in [1.29, 1.82) is 0 Å². The number of likely N-dealkylation sites (tertiary alicyclic amines) is 1. The lowest BCUT2D eigenvalue weighted by atomic mass is 9.97. The number of piperidine rings is 1. The fraction of sp³-hybridized carbons (Fsp3) is 0.857. The molecule has 6 heteroatoms. The van der Waals surface area contributed by atoms with E-state index in [4.69, 9.17) is 5.73 Å². The van der Waals surface area contributed by atoms with Crippen LogP contribution in [0, 0.1) is 0 Å². The molecule has 2 aliphatic rings.